The molecular formula is C13H10N2O. The molecule has 0 spiro atoms. The molecule has 3 nitrogen and oxygen atoms in total. The number of nitrogens with zero attached hydrogens (tertiary/aromatic N) is 2. The molecule has 1 N–H and O–H groups in total. The van der Waals surface area contributed by atoms with Gasteiger partial charge < -0.3 is 9.67 Å². The topological polar surface area (TPSA) is 38.0 Å². The number of pyridine rings is 1. The molecule has 0 aliphatic rings. The van der Waals surface area contributed by atoms with Crippen molar-refractivity contribution in [1.29, 1.82) is 0 Å². The highest BCUT2D eigenvalue weighted by molar-refractivity contribution is 5.83. The predicted octanol–water partition coefficient (Wildman–Crippen LogP) is 2.73. The van der Waals surface area contributed by atoms with Crippen LogP contribution < -0.4 is 0 Å². The molecule has 0 aliphatic heterocycles. The molecular weight excluding hydrogens is 200 g/mol. The number of aromatic hydroxyl groups is 1. The molecule has 3 rings (SSSR count). The molecule has 16 heavy (non-hydrogen) atoms. The van der Waals surface area contributed by atoms with Crippen LogP contribution in [0, 0.1) is 0 Å². The third-order valence-corrected chi connectivity index (χ3v) is 2.61. The van der Waals surface area contributed by atoms with Crippen LogP contribution in [-0.2, 0) is 0 Å². The fourth-order valence-electron chi connectivity index (χ4n) is 1.86. The Morgan fingerprint density at radius 3 is 2.62 bits per heavy atom. The van der Waals surface area contributed by atoms with Gasteiger partial charge in [-0.25, -0.2) is 0 Å². The van der Waals surface area contributed by atoms with E-state index in [0.717, 1.165) is 16.6 Å². The predicted molar refractivity (Wildman–Crippen MR) is 62.7 cm³/mol. The number of aromatic nitrogens is 2. The molecule has 0 radical (unpaired) electrons. The molecule has 1 aromatic carbocycles. The number of rotatable bonds is 1. The molecule has 2 heterocycles. The van der Waals surface area contributed by atoms with E-state index in [4.69, 9.17) is 0 Å². The summed E-state index contributed by atoms with van der Waals surface area (Å²) in [6.45, 7) is 0. The molecule has 3 aromatic rings. The lowest BCUT2D eigenvalue weighted by Gasteiger charge is -2.04. The Morgan fingerprint density at radius 2 is 1.81 bits per heavy atom. The van der Waals surface area contributed by atoms with Gasteiger partial charge in [-0.2, -0.15) is 0 Å². The molecule has 2 aromatic heterocycles. The molecule has 0 amide bonds. The number of phenolic OH excluding ortho intramolecular Hbond substituents is 1. The molecule has 0 saturated heterocycles. The zero-order chi connectivity index (χ0) is 11.0. The number of fused-ring (bicyclic) bond motifs is 1. The van der Waals surface area contributed by atoms with Gasteiger partial charge in [-0.3, -0.25) is 4.98 Å². The van der Waals surface area contributed by atoms with Gasteiger partial charge in [0.2, 0.25) is 0 Å². The average molecular weight is 210 g/mol. The van der Waals surface area contributed by atoms with Crippen LogP contribution in [0.25, 0.3) is 16.6 Å². The van der Waals surface area contributed by atoms with Crippen LogP contribution >= 0.6 is 0 Å². The quantitative estimate of drug-likeness (QED) is 0.670. The van der Waals surface area contributed by atoms with Gasteiger partial charge in [0, 0.05) is 29.7 Å². The van der Waals surface area contributed by atoms with Crippen molar-refractivity contribution in [2.75, 3.05) is 0 Å². The van der Waals surface area contributed by atoms with Crippen molar-refractivity contribution in [3.05, 3.63) is 55.0 Å². The maximum atomic E-state index is 9.39. The molecule has 0 fully saturated rings. The summed E-state index contributed by atoms with van der Waals surface area (Å²) in [6.07, 6.45) is 5.52. The zero-order valence-corrected chi connectivity index (χ0v) is 8.54. The first-order valence-electron chi connectivity index (χ1n) is 5.05. The number of benzene rings is 1. The summed E-state index contributed by atoms with van der Waals surface area (Å²) >= 11 is 0. The fourth-order valence-corrected chi connectivity index (χ4v) is 1.86. The van der Waals surface area contributed by atoms with Crippen molar-refractivity contribution in [3.63, 3.8) is 0 Å². The molecule has 3 heteroatoms. The van der Waals surface area contributed by atoms with Crippen LogP contribution in [0.4, 0.5) is 0 Å². The largest absolute Gasteiger partial charge is 0.508 e. The standard InChI is InChI=1S/C13H10N2O/c16-12-1-2-13-10(9-12)5-8-15(13)11-3-6-14-7-4-11/h1-9,16H. The molecule has 0 bridgehead atoms. The highest BCUT2D eigenvalue weighted by Crippen LogP contribution is 2.23. The first-order valence-corrected chi connectivity index (χ1v) is 5.05. The van der Waals surface area contributed by atoms with Gasteiger partial charge in [0.15, 0.2) is 0 Å². The first kappa shape index (κ1) is 8.97. The van der Waals surface area contributed by atoms with Crippen molar-refractivity contribution >= 4 is 10.9 Å². The second kappa shape index (κ2) is 3.38. The summed E-state index contributed by atoms with van der Waals surface area (Å²) in [5, 5.41) is 10.4. The van der Waals surface area contributed by atoms with Crippen LogP contribution in [0.2, 0.25) is 0 Å². The third kappa shape index (κ3) is 1.34. The van der Waals surface area contributed by atoms with Crippen LogP contribution in [0.15, 0.2) is 55.0 Å². The van der Waals surface area contributed by atoms with Gasteiger partial charge in [-0.05, 0) is 36.4 Å². The Kier molecular flexibility index (Phi) is 1.90. The Balaban J connectivity index is 2.26. The summed E-state index contributed by atoms with van der Waals surface area (Å²) in [4.78, 5) is 4.00. The molecule has 0 aliphatic carbocycles. The van der Waals surface area contributed by atoms with Crippen LogP contribution in [0.3, 0.4) is 0 Å². The highest BCUT2D eigenvalue weighted by Gasteiger charge is 2.02. The normalized spacial score (nSPS) is 10.8. The van der Waals surface area contributed by atoms with E-state index in [-0.39, 0.29) is 0 Å². The Bertz CT molecular complexity index is 629. The number of hydrogen-bond acceptors (Lipinski definition) is 2. The molecule has 0 atom stereocenters. The highest BCUT2D eigenvalue weighted by atomic mass is 16.3. The maximum Gasteiger partial charge on any atom is 0.116 e. The minimum atomic E-state index is 0.292. The second-order valence-electron chi connectivity index (χ2n) is 3.63. The van der Waals surface area contributed by atoms with Gasteiger partial charge >= 0.3 is 0 Å². The average Bonchev–Trinajstić information content (AvgIpc) is 2.73. The minimum Gasteiger partial charge on any atom is -0.508 e. The summed E-state index contributed by atoms with van der Waals surface area (Å²) in [5.74, 6) is 0.292. The molecule has 0 unspecified atom stereocenters. The van der Waals surface area contributed by atoms with E-state index in [0.29, 0.717) is 5.75 Å². The maximum absolute atomic E-state index is 9.39. The Labute approximate surface area is 92.6 Å². The van der Waals surface area contributed by atoms with Crippen LogP contribution in [-0.4, -0.2) is 14.7 Å². The Morgan fingerprint density at radius 1 is 1.00 bits per heavy atom. The summed E-state index contributed by atoms with van der Waals surface area (Å²) in [6, 6.07) is 11.2. The van der Waals surface area contributed by atoms with Crippen molar-refractivity contribution in [1.82, 2.24) is 9.55 Å². The first-order chi connectivity index (χ1) is 7.84. The smallest absolute Gasteiger partial charge is 0.116 e. The van der Waals surface area contributed by atoms with Gasteiger partial charge in [-0.1, -0.05) is 0 Å². The van der Waals surface area contributed by atoms with E-state index in [2.05, 4.69) is 9.55 Å². The van der Waals surface area contributed by atoms with E-state index >= 15 is 0 Å². The second-order valence-corrected chi connectivity index (χ2v) is 3.63. The van der Waals surface area contributed by atoms with Crippen molar-refractivity contribution < 1.29 is 5.11 Å². The number of hydrogen-bond donors (Lipinski definition) is 1. The van der Waals surface area contributed by atoms with Gasteiger partial charge in [-0.15, -0.1) is 0 Å². The SMILES string of the molecule is Oc1ccc2c(ccn2-c2ccncc2)c1. The minimum absolute atomic E-state index is 0.292. The van der Waals surface area contributed by atoms with Gasteiger partial charge in [0.1, 0.15) is 5.75 Å². The lowest BCUT2D eigenvalue weighted by molar-refractivity contribution is 0.476. The molecule has 0 saturated carbocycles. The lowest BCUT2D eigenvalue weighted by atomic mass is 10.2. The summed E-state index contributed by atoms with van der Waals surface area (Å²) in [7, 11) is 0. The lowest BCUT2D eigenvalue weighted by Crippen LogP contribution is -1.90. The van der Waals surface area contributed by atoms with E-state index in [1.165, 1.54) is 0 Å². The monoisotopic (exact) mass is 210 g/mol. The van der Waals surface area contributed by atoms with Crippen LogP contribution in [0.5, 0.6) is 5.75 Å². The number of phenols is 1. The van der Waals surface area contributed by atoms with Gasteiger partial charge in [0.05, 0.1) is 5.52 Å². The Hall–Kier alpha value is -2.29. The fraction of sp³-hybridized carbons (Fsp3) is 0. The van der Waals surface area contributed by atoms with E-state index in [1.807, 2.05) is 30.5 Å². The van der Waals surface area contributed by atoms with Crippen molar-refractivity contribution in [2.45, 2.75) is 0 Å². The third-order valence-electron chi connectivity index (χ3n) is 2.61. The van der Waals surface area contributed by atoms with E-state index in [1.54, 1.807) is 24.5 Å². The summed E-state index contributed by atoms with van der Waals surface area (Å²) < 4.78 is 2.07. The van der Waals surface area contributed by atoms with Crippen molar-refractivity contribution in [2.24, 2.45) is 0 Å². The van der Waals surface area contributed by atoms with E-state index in [9.17, 15) is 5.11 Å². The summed E-state index contributed by atoms with van der Waals surface area (Å²) in [5.41, 5.74) is 2.14. The molecule has 78 valence electrons. The van der Waals surface area contributed by atoms with Crippen molar-refractivity contribution in [3.8, 4) is 11.4 Å². The van der Waals surface area contributed by atoms with Gasteiger partial charge in [0.25, 0.3) is 0 Å². The van der Waals surface area contributed by atoms with Crippen LogP contribution in [0.1, 0.15) is 0 Å². The zero-order valence-electron chi connectivity index (χ0n) is 8.54. The van der Waals surface area contributed by atoms with E-state index < -0.39 is 0 Å².